The third-order valence-corrected chi connectivity index (χ3v) is 6.96. The second kappa shape index (κ2) is 10.0. The number of pyridine rings is 1. The molecule has 38 heavy (non-hydrogen) atoms. The highest BCUT2D eigenvalue weighted by atomic mass is 32.1. The Hall–Kier alpha value is -4.59. The van der Waals surface area contributed by atoms with Crippen LogP contribution >= 0.6 is 11.3 Å². The molecule has 0 bridgehead atoms. The van der Waals surface area contributed by atoms with Crippen LogP contribution in [0.15, 0.2) is 48.2 Å². The molecular formula is C24H24FN11OS. The van der Waals surface area contributed by atoms with E-state index in [2.05, 4.69) is 35.8 Å². The minimum Gasteiger partial charge on any atom is -0.375 e. The summed E-state index contributed by atoms with van der Waals surface area (Å²) in [6, 6.07) is 7.40. The molecule has 1 amide bonds. The Kier molecular flexibility index (Phi) is 6.29. The number of carbonyl (C=O) groups is 1. The molecule has 3 N–H and O–H groups in total. The number of nitrogens with zero attached hydrogens (tertiary/aromatic N) is 8. The fourth-order valence-electron chi connectivity index (χ4n) is 4.18. The van der Waals surface area contributed by atoms with Crippen molar-refractivity contribution in [2.75, 3.05) is 48.3 Å². The lowest BCUT2D eigenvalue weighted by Gasteiger charge is -2.35. The maximum Gasteiger partial charge on any atom is 0.241 e. The zero-order chi connectivity index (χ0) is 26.1. The zero-order valence-corrected chi connectivity index (χ0v) is 21.2. The van der Waals surface area contributed by atoms with Gasteiger partial charge in [0.2, 0.25) is 11.9 Å². The largest absolute Gasteiger partial charge is 0.375 e. The van der Waals surface area contributed by atoms with Crippen LogP contribution < -0.4 is 15.5 Å². The summed E-state index contributed by atoms with van der Waals surface area (Å²) in [5.41, 5.74) is 1.65. The Labute approximate surface area is 220 Å². The third-order valence-electron chi connectivity index (χ3n) is 6.16. The van der Waals surface area contributed by atoms with Crippen LogP contribution in [0.25, 0.3) is 16.0 Å². The van der Waals surface area contributed by atoms with Gasteiger partial charge in [-0.25, -0.2) is 19.0 Å². The lowest BCUT2D eigenvalue weighted by Crippen LogP contribution is -2.50. The fourth-order valence-corrected chi connectivity index (χ4v) is 4.94. The summed E-state index contributed by atoms with van der Waals surface area (Å²) in [7, 11) is 0. The maximum atomic E-state index is 13.2. The molecule has 1 saturated heterocycles. The van der Waals surface area contributed by atoms with Crippen molar-refractivity contribution < 1.29 is 9.18 Å². The number of amides is 1. The number of H-pyrrole nitrogens is 1. The highest BCUT2D eigenvalue weighted by Gasteiger charge is 2.24. The molecule has 6 heterocycles. The number of nitrogens with one attached hydrogen (secondary N) is 3. The van der Waals surface area contributed by atoms with Gasteiger partial charge < -0.3 is 20.4 Å². The first kappa shape index (κ1) is 23.8. The molecule has 0 aliphatic carbocycles. The average molecular weight is 534 g/mol. The van der Waals surface area contributed by atoms with Crippen molar-refractivity contribution >= 4 is 50.7 Å². The molecular weight excluding hydrogens is 509 g/mol. The Morgan fingerprint density at radius 3 is 2.74 bits per heavy atom. The van der Waals surface area contributed by atoms with Crippen molar-refractivity contribution in [1.29, 1.82) is 0 Å². The second-order valence-corrected chi connectivity index (χ2v) is 9.70. The van der Waals surface area contributed by atoms with E-state index in [4.69, 9.17) is 9.97 Å². The van der Waals surface area contributed by atoms with Crippen LogP contribution in [0, 0.1) is 12.7 Å². The number of aromatic nitrogens is 7. The quantitative estimate of drug-likeness (QED) is 0.289. The number of thiophene rings is 1. The Morgan fingerprint density at radius 1 is 1.16 bits per heavy atom. The van der Waals surface area contributed by atoms with E-state index in [0.29, 0.717) is 55.3 Å². The van der Waals surface area contributed by atoms with Crippen LogP contribution in [0.5, 0.6) is 0 Å². The van der Waals surface area contributed by atoms with Gasteiger partial charge in [-0.3, -0.25) is 9.89 Å². The molecule has 6 rings (SSSR count). The van der Waals surface area contributed by atoms with Gasteiger partial charge in [-0.1, -0.05) is 0 Å². The van der Waals surface area contributed by atoms with Gasteiger partial charge >= 0.3 is 0 Å². The first-order valence-corrected chi connectivity index (χ1v) is 12.9. The van der Waals surface area contributed by atoms with E-state index < -0.39 is 5.82 Å². The maximum absolute atomic E-state index is 13.2. The minimum atomic E-state index is -0.431. The summed E-state index contributed by atoms with van der Waals surface area (Å²) in [5, 5.41) is 20.4. The number of rotatable bonds is 7. The Morgan fingerprint density at radius 2 is 2.03 bits per heavy atom. The summed E-state index contributed by atoms with van der Waals surface area (Å²) in [4.78, 5) is 31.4. The minimum absolute atomic E-state index is 0.00578. The Balaban J connectivity index is 1.06. The molecule has 14 heteroatoms. The van der Waals surface area contributed by atoms with Crippen molar-refractivity contribution in [3.8, 4) is 5.82 Å². The second-order valence-electron chi connectivity index (χ2n) is 8.80. The molecule has 0 atom stereocenters. The molecule has 0 unspecified atom stereocenters. The summed E-state index contributed by atoms with van der Waals surface area (Å²) in [6.45, 7) is 4.47. The molecule has 5 aromatic heterocycles. The number of halogens is 1. The molecule has 5 aromatic rings. The predicted molar refractivity (Wildman–Crippen MR) is 143 cm³/mol. The van der Waals surface area contributed by atoms with Crippen molar-refractivity contribution in [3.05, 3.63) is 59.7 Å². The smallest absolute Gasteiger partial charge is 0.241 e. The van der Waals surface area contributed by atoms with Crippen molar-refractivity contribution in [2.24, 2.45) is 0 Å². The Bertz CT molecular complexity index is 1570. The first-order valence-electron chi connectivity index (χ1n) is 12.0. The third kappa shape index (κ3) is 4.98. The highest BCUT2D eigenvalue weighted by molar-refractivity contribution is 7.16. The van der Waals surface area contributed by atoms with E-state index in [0.717, 1.165) is 22.1 Å². The lowest BCUT2D eigenvalue weighted by atomic mass is 10.3. The molecule has 1 fully saturated rings. The SMILES string of the molecule is Cc1cc(Nc2nc(N3CCN(C(=O)CNc4ccc(-n5cc(F)cn5)nc4)CC3)nc3sccc23)n[nH]1. The molecule has 1 aliphatic rings. The van der Waals surface area contributed by atoms with Crippen LogP contribution in [0.3, 0.4) is 0 Å². The summed E-state index contributed by atoms with van der Waals surface area (Å²) >= 11 is 1.56. The van der Waals surface area contributed by atoms with Crippen molar-refractivity contribution in [3.63, 3.8) is 0 Å². The van der Waals surface area contributed by atoms with Crippen molar-refractivity contribution in [2.45, 2.75) is 6.92 Å². The molecule has 0 saturated carbocycles. The zero-order valence-electron chi connectivity index (χ0n) is 20.4. The standard InChI is InChI=1S/C24H24FN11OS/c1-15-10-19(33-32-15)29-22-18-4-9-38-23(18)31-24(30-22)35-7-5-34(6-8-35)21(37)13-26-17-2-3-20(27-12-17)36-14-16(25)11-28-36/h2-4,9-12,14,26H,5-8,13H2,1H3,(H2,29,30,31,32,33). The van der Waals surface area contributed by atoms with E-state index in [9.17, 15) is 9.18 Å². The average Bonchev–Trinajstić information content (AvgIpc) is 3.69. The number of aromatic amines is 1. The summed E-state index contributed by atoms with van der Waals surface area (Å²) < 4.78 is 14.5. The van der Waals surface area contributed by atoms with Gasteiger partial charge in [0.15, 0.2) is 17.5 Å². The normalized spacial score (nSPS) is 13.7. The van der Waals surface area contributed by atoms with Gasteiger partial charge in [0, 0.05) is 37.9 Å². The van der Waals surface area contributed by atoms with Crippen molar-refractivity contribution in [1.82, 2.24) is 39.8 Å². The number of hydrogen-bond donors (Lipinski definition) is 3. The number of piperazine rings is 1. The van der Waals surface area contributed by atoms with Crippen LogP contribution in [0.4, 0.5) is 27.7 Å². The van der Waals surface area contributed by atoms with Crippen LogP contribution in [-0.4, -0.2) is 78.5 Å². The van der Waals surface area contributed by atoms with E-state index >= 15 is 0 Å². The fraction of sp³-hybridized carbons (Fsp3) is 0.250. The van der Waals surface area contributed by atoms with Gasteiger partial charge in [0.05, 0.1) is 36.2 Å². The molecule has 0 spiro atoms. The number of fused-ring (bicyclic) bond motifs is 1. The van der Waals surface area contributed by atoms with Crippen LogP contribution in [0.1, 0.15) is 5.69 Å². The number of hydrogen-bond acceptors (Lipinski definition) is 10. The van der Waals surface area contributed by atoms with Gasteiger partial charge in [-0.15, -0.1) is 11.3 Å². The first-order chi connectivity index (χ1) is 18.5. The van der Waals surface area contributed by atoms with Gasteiger partial charge in [0.1, 0.15) is 10.6 Å². The van der Waals surface area contributed by atoms with E-state index in [-0.39, 0.29) is 12.5 Å². The number of carbonyl (C=O) groups excluding carboxylic acids is 1. The van der Waals surface area contributed by atoms with Crippen LogP contribution in [-0.2, 0) is 4.79 Å². The number of anilines is 4. The lowest BCUT2D eigenvalue weighted by molar-refractivity contribution is -0.129. The summed E-state index contributed by atoms with van der Waals surface area (Å²) in [6.07, 6.45) is 3.96. The van der Waals surface area contributed by atoms with E-state index in [1.165, 1.54) is 10.9 Å². The van der Waals surface area contributed by atoms with Gasteiger partial charge in [-0.2, -0.15) is 15.2 Å². The molecule has 0 aromatic carbocycles. The monoisotopic (exact) mass is 533 g/mol. The highest BCUT2D eigenvalue weighted by Crippen LogP contribution is 2.29. The number of aryl methyl sites for hydroxylation is 1. The van der Waals surface area contributed by atoms with E-state index in [1.807, 2.05) is 29.3 Å². The molecule has 12 nitrogen and oxygen atoms in total. The topological polar surface area (TPSA) is 133 Å². The molecule has 1 aliphatic heterocycles. The molecule has 0 radical (unpaired) electrons. The summed E-state index contributed by atoms with van der Waals surface area (Å²) in [5.74, 6) is 2.08. The van der Waals surface area contributed by atoms with Gasteiger partial charge in [0.25, 0.3) is 0 Å². The van der Waals surface area contributed by atoms with E-state index in [1.54, 1.807) is 29.7 Å². The van der Waals surface area contributed by atoms with Gasteiger partial charge in [-0.05, 0) is 30.5 Å². The predicted octanol–water partition coefficient (Wildman–Crippen LogP) is 2.95. The molecule has 194 valence electrons. The van der Waals surface area contributed by atoms with Crippen LogP contribution in [0.2, 0.25) is 0 Å².